The average molecular weight is 264 g/mol. The molecule has 0 aliphatic carbocycles. The Morgan fingerprint density at radius 3 is 2.53 bits per heavy atom. The molecule has 4 heteroatoms. The van der Waals surface area contributed by atoms with Crippen molar-refractivity contribution in [2.75, 3.05) is 40.9 Å². The van der Waals surface area contributed by atoms with Crippen LogP contribution in [0.1, 0.15) is 11.1 Å². The van der Waals surface area contributed by atoms with Gasteiger partial charge in [0, 0.05) is 31.2 Å². The third kappa shape index (κ3) is 3.01. The van der Waals surface area contributed by atoms with E-state index < -0.39 is 0 Å². The smallest absolute Gasteiger partial charge is 0.128 e. The van der Waals surface area contributed by atoms with Gasteiger partial charge in [0.05, 0.1) is 14.2 Å². The molecule has 0 aromatic heterocycles. The van der Waals surface area contributed by atoms with Crippen LogP contribution in [0.5, 0.6) is 11.5 Å². The van der Waals surface area contributed by atoms with Crippen LogP contribution in [0.4, 0.5) is 0 Å². The SMILES string of the molecule is COc1ccc(CCN(C)C2CNC2)c(OC)c1C. The van der Waals surface area contributed by atoms with Gasteiger partial charge in [-0.05, 0) is 32.0 Å². The van der Waals surface area contributed by atoms with Gasteiger partial charge in [-0.1, -0.05) is 6.07 Å². The third-order valence-electron chi connectivity index (χ3n) is 3.98. The molecule has 0 saturated carbocycles. The van der Waals surface area contributed by atoms with E-state index in [0.29, 0.717) is 6.04 Å². The van der Waals surface area contributed by atoms with Crippen molar-refractivity contribution in [3.63, 3.8) is 0 Å². The van der Waals surface area contributed by atoms with Crippen molar-refractivity contribution in [1.82, 2.24) is 10.2 Å². The van der Waals surface area contributed by atoms with E-state index in [1.165, 1.54) is 5.56 Å². The summed E-state index contributed by atoms with van der Waals surface area (Å²) >= 11 is 0. The van der Waals surface area contributed by atoms with Crippen molar-refractivity contribution in [3.05, 3.63) is 23.3 Å². The molecule has 4 nitrogen and oxygen atoms in total. The molecule has 1 heterocycles. The lowest BCUT2D eigenvalue weighted by Gasteiger charge is -2.35. The summed E-state index contributed by atoms with van der Waals surface area (Å²) in [5.74, 6) is 1.84. The highest BCUT2D eigenvalue weighted by Gasteiger charge is 2.21. The van der Waals surface area contributed by atoms with Gasteiger partial charge in [0.2, 0.25) is 0 Å². The fourth-order valence-electron chi connectivity index (χ4n) is 2.50. The second-order valence-electron chi connectivity index (χ2n) is 5.13. The topological polar surface area (TPSA) is 33.7 Å². The molecule has 1 N–H and O–H groups in total. The maximum atomic E-state index is 5.54. The Labute approximate surface area is 115 Å². The Balaban J connectivity index is 2.04. The van der Waals surface area contributed by atoms with Crippen molar-refractivity contribution >= 4 is 0 Å². The van der Waals surface area contributed by atoms with E-state index in [1.54, 1.807) is 14.2 Å². The van der Waals surface area contributed by atoms with Gasteiger partial charge in [-0.3, -0.25) is 0 Å². The van der Waals surface area contributed by atoms with Crippen LogP contribution in [-0.2, 0) is 6.42 Å². The standard InChI is InChI=1S/C15H24N2O2/c1-11-14(18-3)6-5-12(15(11)19-4)7-8-17(2)13-9-16-10-13/h5-6,13,16H,7-10H2,1-4H3. The quantitative estimate of drug-likeness (QED) is 0.843. The fourth-order valence-corrected chi connectivity index (χ4v) is 2.50. The Kier molecular flexibility index (Phi) is 4.66. The Hall–Kier alpha value is -1.26. The van der Waals surface area contributed by atoms with Crippen molar-refractivity contribution in [3.8, 4) is 11.5 Å². The number of ether oxygens (including phenoxy) is 2. The molecule has 1 fully saturated rings. The zero-order valence-corrected chi connectivity index (χ0v) is 12.3. The van der Waals surface area contributed by atoms with Gasteiger partial charge < -0.3 is 19.7 Å². The van der Waals surface area contributed by atoms with Crippen molar-refractivity contribution in [2.24, 2.45) is 0 Å². The summed E-state index contributed by atoms with van der Waals surface area (Å²) in [6.07, 6.45) is 1.00. The Morgan fingerprint density at radius 2 is 2.00 bits per heavy atom. The number of benzene rings is 1. The van der Waals surface area contributed by atoms with Gasteiger partial charge >= 0.3 is 0 Å². The maximum Gasteiger partial charge on any atom is 0.128 e. The molecule has 2 rings (SSSR count). The molecule has 0 spiro atoms. The first-order chi connectivity index (χ1) is 9.17. The van der Waals surface area contributed by atoms with Crippen LogP contribution in [0.25, 0.3) is 0 Å². The summed E-state index contributed by atoms with van der Waals surface area (Å²) in [7, 11) is 5.61. The molecule has 106 valence electrons. The molecule has 0 amide bonds. The minimum Gasteiger partial charge on any atom is -0.496 e. The lowest BCUT2D eigenvalue weighted by atomic mass is 10.0. The molecular weight excluding hydrogens is 240 g/mol. The molecular formula is C15H24N2O2. The highest BCUT2D eigenvalue weighted by molar-refractivity contribution is 5.49. The number of nitrogens with zero attached hydrogens (tertiary/aromatic N) is 1. The molecule has 19 heavy (non-hydrogen) atoms. The van der Waals surface area contributed by atoms with E-state index in [4.69, 9.17) is 9.47 Å². The van der Waals surface area contributed by atoms with E-state index in [2.05, 4.69) is 23.3 Å². The first kappa shape index (κ1) is 14.2. The normalized spacial score (nSPS) is 15.4. The maximum absolute atomic E-state index is 5.54. The van der Waals surface area contributed by atoms with E-state index >= 15 is 0 Å². The van der Waals surface area contributed by atoms with Crippen LogP contribution in [-0.4, -0.2) is 51.8 Å². The molecule has 0 unspecified atom stereocenters. The number of nitrogens with one attached hydrogen (secondary N) is 1. The van der Waals surface area contributed by atoms with Gasteiger partial charge in [0.25, 0.3) is 0 Å². The summed E-state index contributed by atoms with van der Waals surface area (Å²) in [5, 5.41) is 3.30. The van der Waals surface area contributed by atoms with E-state index in [9.17, 15) is 0 Å². The van der Waals surface area contributed by atoms with E-state index in [-0.39, 0.29) is 0 Å². The van der Waals surface area contributed by atoms with Gasteiger partial charge in [-0.2, -0.15) is 0 Å². The predicted octanol–water partition coefficient (Wildman–Crippen LogP) is 1.46. The fraction of sp³-hybridized carbons (Fsp3) is 0.600. The number of rotatable bonds is 6. The molecule has 1 aliphatic rings. The minimum absolute atomic E-state index is 0.686. The monoisotopic (exact) mass is 264 g/mol. The summed E-state index contributed by atoms with van der Waals surface area (Å²) in [5.41, 5.74) is 2.33. The Morgan fingerprint density at radius 1 is 1.26 bits per heavy atom. The van der Waals surface area contributed by atoms with Crippen LogP contribution in [0, 0.1) is 6.92 Å². The molecule has 1 aliphatic heterocycles. The summed E-state index contributed by atoms with van der Waals surface area (Å²) in [4.78, 5) is 2.41. The van der Waals surface area contributed by atoms with Crippen molar-refractivity contribution < 1.29 is 9.47 Å². The lowest BCUT2D eigenvalue weighted by molar-refractivity contribution is 0.182. The second kappa shape index (κ2) is 6.26. The lowest BCUT2D eigenvalue weighted by Crippen LogP contribution is -2.56. The van der Waals surface area contributed by atoms with Gasteiger partial charge in [0.1, 0.15) is 11.5 Å². The van der Waals surface area contributed by atoms with E-state index in [0.717, 1.165) is 43.1 Å². The van der Waals surface area contributed by atoms with Crippen molar-refractivity contribution in [1.29, 1.82) is 0 Å². The molecule has 0 atom stereocenters. The third-order valence-corrected chi connectivity index (χ3v) is 3.98. The Bertz CT molecular complexity index is 430. The molecule has 1 aromatic rings. The number of hydrogen-bond donors (Lipinski definition) is 1. The van der Waals surface area contributed by atoms with Crippen LogP contribution in [0.2, 0.25) is 0 Å². The average Bonchev–Trinajstić information content (AvgIpc) is 2.34. The molecule has 0 radical (unpaired) electrons. The highest BCUT2D eigenvalue weighted by Crippen LogP contribution is 2.31. The highest BCUT2D eigenvalue weighted by atomic mass is 16.5. The van der Waals surface area contributed by atoms with Gasteiger partial charge in [-0.25, -0.2) is 0 Å². The summed E-state index contributed by atoms with van der Waals surface area (Å²) in [6, 6.07) is 4.82. The van der Waals surface area contributed by atoms with Crippen molar-refractivity contribution in [2.45, 2.75) is 19.4 Å². The van der Waals surface area contributed by atoms with Gasteiger partial charge in [-0.15, -0.1) is 0 Å². The van der Waals surface area contributed by atoms with Crippen LogP contribution in [0.15, 0.2) is 12.1 Å². The summed E-state index contributed by atoms with van der Waals surface area (Å²) in [6.45, 7) is 5.31. The molecule has 0 bridgehead atoms. The second-order valence-corrected chi connectivity index (χ2v) is 5.13. The number of methoxy groups -OCH3 is 2. The van der Waals surface area contributed by atoms with Crippen LogP contribution >= 0.6 is 0 Å². The molecule has 1 saturated heterocycles. The largest absolute Gasteiger partial charge is 0.496 e. The van der Waals surface area contributed by atoms with E-state index in [1.807, 2.05) is 13.0 Å². The van der Waals surface area contributed by atoms with Crippen LogP contribution in [0.3, 0.4) is 0 Å². The zero-order chi connectivity index (χ0) is 13.8. The predicted molar refractivity (Wildman–Crippen MR) is 77.3 cm³/mol. The minimum atomic E-state index is 0.686. The summed E-state index contributed by atoms with van der Waals surface area (Å²) < 4.78 is 10.9. The zero-order valence-electron chi connectivity index (χ0n) is 12.3. The van der Waals surface area contributed by atoms with Gasteiger partial charge in [0.15, 0.2) is 0 Å². The first-order valence-electron chi connectivity index (χ1n) is 6.78. The van der Waals surface area contributed by atoms with Crippen LogP contribution < -0.4 is 14.8 Å². The first-order valence-corrected chi connectivity index (χ1v) is 6.78. The number of hydrogen-bond acceptors (Lipinski definition) is 4. The number of likely N-dealkylation sites (N-methyl/N-ethyl adjacent to an activating group) is 1. The molecule has 1 aromatic carbocycles.